The number of carbonyl (C=O) groups excluding carboxylic acids is 2. The maximum absolute atomic E-state index is 13.5. The normalized spacial score (nSPS) is 14.4. The van der Waals surface area contributed by atoms with Crippen LogP contribution in [0.5, 0.6) is 0 Å². The predicted octanol–water partition coefficient (Wildman–Crippen LogP) is 6.96. The molecule has 3 heterocycles. The van der Waals surface area contributed by atoms with Crippen molar-refractivity contribution in [1.29, 1.82) is 0 Å². The summed E-state index contributed by atoms with van der Waals surface area (Å²) >= 11 is 1.47. The van der Waals surface area contributed by atoms with Crippen molar-refractivity contribution in [3.63, 3.8) is 0 Å². The summed E-state index contributed by atoms with van der Waals surface area (Å²) in [5.74, 6) is -1.68. The van der Waals surface area contributed by atoms with E-state index in [1.54, 1.807) is 17.3 Å². The molecule has 5 rings (SSSR count). The zero-order valence-corrected chi connectivity index (χ0v) is 26.3. The lowest BCUT2D eigenvalue weighted by atomic mass is 9.89. The molecule has 0 radical (unpaired) electrons. The molecule has 2 aromatic carbocycles. The van der Waals surface area contributed by atoms with Crippen LogP contribution in [-0.4, -0.2) is 50.7 Å². The van der Waals surface area contributed by atoms with Crippen LogP contribution in [0.3, 0.4) is 0 Å². The first-order chi connectivity index (χ1) is 21.0. The Bertz CT molecular complexity index is 1660. The molecule has 44 heavy (non-hydrogen) atoms. The van der Waals surface area contributed by atoms with E-state index in [2.05, 4.69) is 61.9 Å². The fourth-order valence-corrected chi connectivity index (χ4v) is 6.06. The summed E-state index contributed by atoms with van der Waals surface area (Å²) in [6, 6.07) is 19.8. The van der Waals surface area contributed by atoms with Gasteiger partial charge in [0.1, 0.15) is 0 Å². The first-order valence-corrected chi connectivity index (χ1v) is 15.6. The number of amides is 1. The Labute approximate surface area is 262 Å². The van der Waals surface area contributed by atoms with Gasteiger partial charge in [-0.05, 0) is 42.0 Å². The Balaban J connectivity index is 1.27. The number of carboxylic acids is 1. The maximum Gasteiger partial charge on any atom is 0.310 e. The third-order valence-corrected chi connectivity index (χ3v) is 9.41. The molecule has 0 aliphatic carbocycles. The van der Waals surface area contributed by atoms with Crippen LogP contribution in [0.1, 0.15) is 64.0 Å². The quantitative estimate of drug-likeness (QED) is 0.196. The van der Waals surface area contributed by atoms with Gasteiger partial charge in [0.2, 0.25) is 5.91 Å². The topological polar surface area (TPSA) is 100 Å². The van der Waals surface area contributed by atoms with E-state index in [0.29, 0.717) is 17.1 Å². The Morgan fingerprint density at radius 1 is 0.932 bits per heavy atom. The highest BCUT2D eigenvalue weighted by molar-refractivity contribution is 7.14. The van der Waals surface area contributed by atoms with Gasteiger partial charge < -0.3 is 10.0 Å². The van der Waals surface area contributed by atoms with Crippen LogP contribution in [0, 0.1) is 18.8 Å². The van der Waals surface area contributed by atoms with Crippen molar-refractivity contribution < 1.29 is 19.5 Å². The van der Waals surface area contributed by atoms with E-state index in [0.717, 1.165) is 27.1 Å². The van der Waals surface area contributed by atoms with Gasteiger partial charge in [-0.1, -0.05) is 87.0 Å². The Hall–Kier alpha value is -4.43. The Morgan fingerprint density at radius 3 is 2.16 bits per heavy atom. The molecular formula is C36H37N3O4S. The fourth-order valence-electron chi connectivity index (χ4n) is 5.05. The zero-order chi connectivity index (χ0) is 31.4. The third kappa shape index (κ3) is 7.55. The van der Waals surface area contributed by atoms with E-state index in [-0.39, 0.29) is 36.6 Å². The molecule has 1 atom stereocenters. The maximum atomic E-state index is 13.5. The highest BCUT2D eigenvalue weighted by atomic mass is 32.1. The van der Waals surface area contributed by atoms with Gasteiger partial charge in [-0.3, -0.25) is 14.4 Å². The van der Waals surface area contributed by atoms with Crippen LogP contribution in [0.15, 0.2) is 73.1 Å². The van der Waals surface area contributed by atoms with E-state index < -0.39 is 17.8 Å². The molecular weight excluding hydrogens is 570 g/mol. The van der Waals surface area contributed by atoms with Crippen molar-refractivity contribution in [1.82, 2.24) is 14.9 Å². The summed E-state index contributed by atoms with van der Waals surface area (Å²) in [7, 11) is 0. The number of likely N-dealkylation sites (tertiary alicyclic amines) is 1. The van der Waals surface area contributed by atoms with Crippen molar-refractivity contribution in [2.45, 2.75) is 46.0 Å². The van der Waals surface area contributed by atoms with Crippen molar-refractivity contribution in [3.05, 3.63) is 105 Å². The van der Waals surface area contributed by atoms with Gasteiger partial charge in [0.25, 0.3) is 0 Å². The molecule has 1 saturated heterocycles. The molecule has 1 N–H and O–H groups in total. The van der Waals surface area contributed by atoms with E-state index in [1.807, 2.05) is 48.6 Å². The SMILES string of the molecule is Cc1ccc(/C=C/c2cnc(-c3ccc(C[C@H](CC(=O)c4ccc(C(C)(C)C)s4)C(=O)N4CC(C(=O)O)C4)cc3)nc2)cc1. The second kappa shape index (κ2) is 13.1. The number of carboxylic acid groups (broad SMARTS) is 1. The number of rotatable bonds is 10. The third-order valence-electron chi connectivity index (χ3n) is 7.86. The number of carbonyl (C=O) groups is 3. The minimum Gasteiger partial charge on any atom is -0.481 e. The molecule has 0 unspecified atom stereocenters. The molecule has 1 aliphatic heterocycles. The molecule has 4 aromatic rings. The summed E-state index contributed by atoms with van der Waals surface area (Å²) in [5.41, 5.74) is 4.92. The van der Waals surface area contributed by atoms with Crippen molar-refractivity contribution in [2.75, 3.05) is 13.1 Å². The van der Waals surface area contributed by atoms with Gasteiger partial charge in [0.05, 0.1) is 10.8 Å². The molecule has 1 fully saturated rings. The average Bonchev–Trinajstić information content (AvgIpc) is 3.48. The molecule has 8 heteroatoms. The molecule has 226 valence electrons. The number of hydrogen-bond acceptors (Lipinski definition) is 6. The minimum atomic E-state index is -0.900. The number of hydrogen-bond donors (Lipinski definition) is 1. The van der Waals surface area contributed by atoms with Gasteiger partial charge >= 0.3 is 5.97 Å². The summed E-state index contributed by atoms with van der Waals surface area (Å²) in [6.07, 6.45) is 8.02. The van der Waals surface area contributed by atoms with Crippen LogP contribution in [0.2, 0.25) is 0 Å². The van der Waals surface area contributed by atoms with Gasteiger partial charge in [0.15, 0.2) is 11.6 Å². The van der Waals surface area contributed by atoms with E-state index in [4.69, 9.17) is 0 Å². The van der Waals surface area contributed by atoms with Crippen LogP contribution in [0.25, 0.3) is 23.5 Å². The lowest BCUT2D eigenvalue weighted by molar-refractivity contribution is -0.154. The first kappa shape index (κ1) is 31.0. The number of aromatic nitrogens is 2. The number of aryl methyl sites for hydroxylation is 1. The molecule has 7 nitrogen and oxygen atoms in total. The molecule has 1 aliphatic rings. The summed E-state index contributed by atoms with van der Waals surface area (Å²) in [4.78, 5) is 50.5. The largest absolute Gasteiger partial charge is 0.481 e. The highest BCUT2D eigenvalue weighted by Crippen LogP contribution is 2.32. The summed E-state index contributed by atoms with van der Waals surface area (Å²) < 4.78 is 0. The molecule has 2 aromatic heterocycles. The summed E-state index contributed by atoms with van der Waals surface area (Å²) in [5, 5.41) is 9.28. The van der Waals surface area contributed by atoms with Gasteiger partial charge in [-0.2, -0.15) is 0 Å². The second-order valence-electron chi connectivity index (χ2n) is 12.5. The molecule has 0 bridgehead atoms. The second-order valence-corrected chi connectivity index (χ2v) is 13.6. The van der Waals surface area contributed by atoms with Crippen LogP contribution in [0.4, 0.5) is 0 Å². The molecule has 0 saturated carbocycles. The molecule has 0 spiro atoms. The lowest BCUT2D eigenvalue weighted by Gasteiger charge is -2.38. The zero-order valence-electron chi connectivity index (χ0n) is 25.5. The Morgan fingerprint density at radius 2 is 1.57 bits per heavy atom. The first-order valence-electron chi connectivity index (χ1n) is 14.8. The lowest BCUT2D eigenvalue weighted by Crippen LogP contribution is -2.55. The van der Waals surface area contributed by atoms with Gasteiger partial charge in [-0.15, -0.1) is 11.3 Å². The number of nitrogens with zero attached hydrogens (tertiary/aromatic N) is 3. The van der Waals surface area contributed by atoms with E-state index >= 15 is 0 Å². The number of thiophene rings is 1. The van der Waals surface area contributed by atoms with Crippen LogP contribution in [-0.2, 0) is 21.4 Å². The van der Waals surface area contributed by atoms with Crippen LogP contribution >= 0.6 is 11.3 Å². The summed E-state index contributed by atoms with van der Waals surface area (Å²) in [6.45, 7) is 8.74. The minimum absolute atomic E-state index is 0.0637. The van der Waals surface area contributed by atoms with Crippen LogP contribution < -0.4 is 0 Å². The van der Waals surface area contributed by atoms with Gasteiger partial charge in [0, 0.05) is 53.8 Å². The number of ketones is 1. The predicted molar refractivity (Wildman–Crippen MR) is 174 cm³/mol. The van der Waals surface area contributed by atoms with Crippen molar-refractivity contribution in [3.8, 4) is 11.4 Å². The average molecular weight is 608 g/mol. The van der Waals surface area contributed by atoms with E-state index in [9.17, 15) is 19.5 Å². The van der Waals surface area contributed by atoms with Crippen molar-refractivity contribution >= 4 is 41.1 Å². The Kier molecular flexibility index (Phi) is 9.20. The fraction of sp³-hybridized carbons (Fsp3) is 0.306. The standard InChI is InChI=1S/C36H37N3O4S/c1-23-5-7-24(8-6-23)9-10-26-19-37-33(38-20-26)27-13-11-25(12-14-27)17-28(34(41)39-21-29(22-39)35(42)43)18-30(40)31-15-16-32(44-31)36(2,3)4/h5-16,19-20,28-29H,17-18,21-22H2,1-4H3,(H,42,43)/b10-9+/t28-/m1/s1. The smallest absolute Gasteiger partial charge is 0.310 e. The number of benzene rings is 2. The van der Waals surface area contributed by atoms with Crippen molar-refractivity contribution in [2.24, 2.45) is 11.8 Å². The highest BCUT2D eigenvalue weighted by Gasteiger charge is 2.39. The monoisotopic (exact) mass is 607 g/mol. The van der Waals surface area contributed by atoms with Gasteiger partial charge in [-0.25, -0.2) is 9.97 Å². The number of Topliss-reactive ketones (excluding diaryl/α,β-unsaturated/α-hetero) is 1. The van der Waals surface area contributed by atoms with E-state index in [1.165, 1.54) is 16.9 Å². The molecule has 1 amide bonds. The number of aliphatic carboxylic acids is 1.